The van der Waals surface area contributed by atoms with Gasteiger partial charge in [0, 0.05) is 12.1 Å². The minimum absolute atomic E-state index is 0.126. The summed E-state index contributed by atoms with van der Waals surface area (Å²) in [7, 11) is 1.52. The summed E-state index contributed by atoms with van der Waals surface area (Å²) in [6, 6.07) is 12.1. The molecule has 0 fully saturated rings. The number of ether oxygens (including phenoxy) is 1. The smallest absolute Gasteiger partial charge is 0.325 e. The van der Waals surface area contributed by atoms with Crippen molar-refractivity contribution in [1.29, 1.82) is 0 Å². The number of aliphatic carboxylic acids is 1. The average Bonchev–Trinajstić information content (AvgIpc) is 2.49. The van der Waals surface area contributed by atoms with E-state index >= 15 is 0 Å². The summed E-state index contributed by atoms with van der Waals surface area (Å²) in [6.45, 7) is 0.126. The molecule has 0 saturated carbocycles. The summed E-state index contributed by atoms with van der Waals surface area (Å²) in [5, 5.41) is 12.2. The van der Waals surface area contributed by atoms with E-state index in [1.165, 1.54) is 13.2 Å². The highest BCUT2D eigenvalue weighted by Gasteiger charge is 2.20. The molecule has 0 bridgehead atoms. The van der Waals surface area contributed by atoms with Crippen LogP contribution >= 0.6 is 0 Å². The second-order valence-electron chi connectivity index (χ2n) is 4.52. The average molecular weight is 289 g/mol. The Labute approximate surface area is 122 Å². The van der Waals surface area contributed by atoms with Crippen LogP contribution in [-0.2, 0) is 11.3 Å². The standard InChI is InChI=1S/C16H16FNO3/c1-21-13-7-4-6-11(9-13)15(16(19)20)18-10-12-5-2-3-8-14(12)17/h2-9,15,18H,10H2,1H3,(H,19,20). The number of halogens is 1. The third-order valence-corrected chi connectivity index (χ3v) is 3.13. The molecule has 110 valence electrons. The number of nitrogens with one attached hydrogen (secondary N) is 1. The van der Waals surface area contributed by atoms with Gasteiger partial charge in [-0.3, -0.25) is 10.1 Å². The molecular weight excluding hydrogens is 273 g/mol. The van der Waals surface area contributed by atoms with Gasteiger partial charge in [-0.2, -0.15) is 0 Å². The van der Waals surface area contributed by atoms with E-state index in [9.17, 15) is 14.3 Å². The molecule has 0 aliphatic rings. The third-order valence-electron chi connectivity index (χ3n) is 3.13. The quantitative estimate of drug-likeness (QED) is 0.858. The molecule has 1 unspecified atom stereocenters. The number of hydrogen-bond acceptors (Lipinski definition) is 3. The Morgan fingerprint density at radius 1 is 1.29 bits per heavy atom. The van der Waals surface area contributed by atoms with Crippen LogP contribution in [0.25, 0.3) is 0 Å². The van der Waals surface area contributed by atoms with Gasteiger partial charge in [-0.05, 0) is 23.8 Å². The highest BCUT2D eigenvalue weighted by molar-refractivity contribution is 5.75. The predicted molar refractivity (Wildman–Crippen MR) is 76.6 cm³/mol. The number of methoxy groups -OCH3 is 1. The van der Waals surface area contributed by atoms with Gasteiger partial charge < -0.3 is 9.84 Å². The molecular formula is C16H16FNO3. The fourth-order valence-electron chi connectivity index (χ4n) is 2.02. The summed E-state index contributed by atoms with van der Waals surface area (Å²) in [6.07, 6.45) is 0. The topological polar surface area (TPSA) is 58.6 Å². The summed E-state index contributed by atoms with van der Waals surface area (Å²) < 4.78 is 18.6. The number of carboxylic acid groups (broad SMARTS) is 1. The number of carbonyl (C=O) groups is 1. The zero-order valence-corrected chi connectivity index (χ0v) is 11.5. The van der Waals surface area contributed by atoms with Crippen LogP contribution in [0.3, 0.4) is 0 Å². The van der Waals surface area contributed by atoms with Crippen LogP contribution in [0.1, 0.15) is 17.2 Å². The molecule has 0 spiro atoms. The molecule has 2 aromatic carbocycles. The Morgan fingerprint density at radius 3 is 2.71 bits per heavy atom. The molecule has 0 aliphatic carbocycles. The first-order valence-corrected chi connectivity index (χ1v) is 6.45. The van der Waals surface area contributed by atoms with Crippen molar-refractivity contribution in [2.75, 3.05) is 7.11 Å². The van der Waals surface area contributed by atoms with E-state index in [1.807, 2.05) is 0 Å². The van der Waals surface area contributed by atoms with Crippen LogP contribution in [0.5, 0.6) is 5.75 Å². The lowest BCUT2D eigenvalue weighted by Crippen LogP contribution is -2.28. The first-order valence-electron chi connectivity index (χ1n) is 6.45. The van der Waals surface area contributed by atoms with Crippen LogP contribution in [0, 0.1) is 5.82 Å². The second-order valence-corrected chi connectivity index (χ2v) is 4.52. The summed E-state index contributed by atoms with van der Waals surface area (Å²) in [5.41, 5.74) is 0.977. The number of benzene rings is 2. The summed E-state index contributed by atoms with van der Waals surface area (Å²) >= 11 is 0. The van der Waals surface area contributed by atoms with Crippen LogP contribution in [0.2, 0.25) is 0 Å². The Bertz CT molecular complexity index is 630. The van der Waals surface area contributed by atoms with E-state index in [0.29, 0.717) is 16.9 Å². The van der Waals surface area contributed by atoms with E-state index in [-0.39, 0.29) is 12.4 Å². The summed E-state index contributed by atoms with van der Waals surface area (Å²) in [5.74, 6) is -0.814. The third kappa shape index (κ3) is 3.79. The van der Waals surface area contributed by atoms with Gasteiger partial charge >= 0.3 is 5.97 Å². The van der Waals surface area contributed by atoms with Crippen LogP contribution in [0.4, 0.5) is 4.39 Å². The first kappa shape index (κ1) is 15.0. The lowest BCUT2D eigenvalue weighted by Gasteiger charge is -2.16. The van der Waals surface area contributed by atoms with Crippen molar-refractivity contribution in [3.8, 4) is 5.75 Å². The van der Waals surface area contributed by atoms with Crippen molar-refractivity contribution >= 4 is 5.97 Å². The zero-order valence-electron chi connectivity index (χ0n) is 11.5. The Balaban J connectivity index is 2.16. The minimum atomic E-state index is -1.03. The van der Waals surface area contributed by atoms with Crippen molar-refractivity contribution in [3.05, 3.63) is 65.5 Å². The van der Waals surface area contributed by atoms with Crippen LogP contribution in [0.15, 0.2) is 48.5 Å². The van der Waals surface area contributed by atoms with Crippen molar-refractivity contribution in [1.82, 2.24) is 5.32 Å². The molecule has 0 radical (unpaired) electrons. The first-order chi connectivity index (χ1) is 10.1. The molecule has 2 N–H and O–H groups in total. The van der Waals surface area contributed by atoms with Crippen LogP contribution in [-0.4, -0.2) is 18.2 Å². The molecule has 0 aliphatic heterocycles. The lowest BCUT2D eigenvalue weighted by molar-refractivity contribution is -0.139. The Hall–Kier alpha value is -2.40. The molecule has 0 amide bonds. The molecule has 0 aromatic heterocycles. The molecule has 0 heterocycles. The monoisotopic (exact) mass is 289 g/mol. The lowest BCUT2D eigenvalue weighted by atomic mass is 10.1. The van der Waals surface area contributed by atoms with Crippen molar-refractivity contribution in [2.24, 2.45) is 0 Å². The molecule has 2 aromatic rings. The van der Waals surface area contributed by atoms with Crippen LogP contribution < -0.4 is 10.1 Å². The zero-order chi connectivity index (χ0) is 15.2. The van der Waals surface area contributed by atoms with Gasteiger partial charge in [-0.25, -0.2) is 4.39 Å². The van der Waals surface area contributed by atoms with E-state index in [0.717, 1.165) is 0 Å². The maximum Gasteiger partial charge on any atom is 0.325 e. The second kappa shape index (κ2) is 6.85. The van der Waals surface area contributed by atoms with Gasteiger partial charge in [0.25, 0.3) is 0 Å². The molecule has 5 heteroatoms. The van der Waals surface area contributed by atoms with Crippen molar-refractivity contribution in [2.45, 2.75) is 12.6 Å². The van der Waals surface area contributed by atoms with Gasteiger partial charge in [0.05, 0.1) is 7.11 Å². The molecule has 0 saturated heterocycles. The van der Waals surface area contributed by atoms with Gasteiger partial charge in [-0.15, -0.1) is 0 Å². The van der Waals surface area contributed by atoms with E-state index in [1.54, 1.807) is 42.5 Å². The van der Waals surface area contributed by atoms with Gasteiger partial charge in [-0.1, -0.05) is 30.3 Å². The maximum atomic E-state index is 13.6. The van der Waals surface area contributed by atoms with E-state index in [4.69, 9.17) is 4.74 Å². The number of hydrogen-bond donors (Lipinski definition) is 2. The van der Waals surface area contributed by atoms with E-state index in [2.05, 4.69) is 5.32 Å². The van der Waals surface area contributed by atoms with E-state index < -0.39 is 12.0 Å². The molecule has 1 atom stereocenters. The molecule has 21 heavy (non-hydrogen) atoms. The SMILES string of the molecule is COc1cccc(C(NCc2ccccc2F)C(=O)O)c1. The Kier molecular flexibility index (Phi) is 4.90. The molecule has 2 rings (SSSR count). The van der Waals surface area contributed by atoms with Gasteiger partial charge in [0.1, 0.15) is 17.6 Å². The minimum Gasteiger partial charge on any atom is -0.497 e. The number of carboxylic acids is 1. The van der Waals surface area contributed by atoms with Crippen molar-refractivity contribution < 1.29 is 19.0 Å². The maximum absolute atomic E-state index is 13.6. The molecule has 4 nitrogen and oxygen atoms in total. The highest BCUT2D eigenvalue weighted by atomic mass is 19.1. The normalized spacial score (nSPS) is 11.9. The number of rotatable bonds is 6. The highest BCUT2D eigenvalue weighted by Crippen LogP contribution is 2.20. The largest absolute Gasteiger partial charge is 0.497 e. The fraction of sp³-hybridized carbons (Fsp3) is 0.188. The predicted octanol–water partition coefficient (Wildman–Crippen LogP) is 2.75. The Morgan fingerprint density at radius 2 is 2.05 bits per heavy atom. The van der Waals surface area contributed by atoms with Gasteiger partial charge in [0.15, 0.2) is 0 Å². The van der Waals surface area contributed by atoms with Gasteiger partial charge in [0.2, 0.25) is 0 Å². The fourth-order valence-corrected chi connectivity index (χ4v) is 2.02. The van der Waals surface area contributed by atoms with Crippen molar-refractivity contribution in [3.63, 3.8) is 0 Å². The summed E-state index contributed by atoms with van der Waals surface area (Å²) in [4.78, 5) is 11.4.